The van der Waals surface area contributed by atoms with Crippen LogP contribution in [0.4, 0.5) is 5.69 Å². The van der Waals surface area contributed by atoms with E-state index < -0.39 is 23.5 Å². The van der Waals surface area contributed by atoms with E-state index >= 15 is 0 Å². The molecule has 4 rings (SSSR count). The van der Waals surface area contributed by atoms with Gasteiger partial charge in [0, 0.05) is 5.69 Å². The lowest BCUT2D eigenvalue weighted by Crippen LogP contribution is -2.29. The van der Waals surface area contributed by atoms with Crippen LogP contribution in [0.5, 0.6) is 23.0 Å². The van der Waals surface area contributed by atoms with Gasteiger partial charge in [0.25, 0.3) is 11.7 Å². The van der Waals surface area contributed by atoms with Crippen LogP contribution in [-0.4, -0.2) is 44.2 Å². The molecule has 8 heteroatoms. The number of nitrogens with zero attached hydrogens (tertiary/aromatic N) is 1. The normalized spacial score (nSPS) is 16.7. The maximum Gasteiger partial charge on any atom is 0.300 e. The Balaban J connectivity index is 1.94. The van der Waals surface area contributed by atoms with Gasteiger partial charge < -0.3 is 24.1 Å². The number of aliphatic hydroxyl groups excluding tert-OH is 1. The smallest absolute Gasteiger partial charge is 0.300 e. The maximum atomic E-state index is 13.5. The molecule has 1 N–H and O–H groups in total. The Morgan fingerprint density at radius 1 is 0.811 bits per heavy atom. The first kappa shape index (κ1) is 25.6. The van der Waals surface area contributed by atoms with Crippen molar-refractivity contribution in [3.63, 3.8) is 0 Å². The molecule has 3 aromatic carbocycles. The molecule has 1 unspecified atom stereocenters. The second-order valence-corrected chi connectivity index (χ2v) is 8.64. The van der Waals surface area contributed by atoms with Crippen molar-refractivity contribution in [2.45, 2.75) is 26.0 Å². The van der Waals surface area contributed by atoms with Gasteiger partial charge in [-0.3, -0.25) is 14.5 Å². The zero-order chi connectivity index (χ0) is 26.7. The molecule has 1 fully saturated rings. The van der Waals surface area contributed by atoms with Crippen molar-refractivity contribution in [1.29, 1.82) is 0 Å². The summed E-state index contributed by atoms with van der Waals surface area (Å²) in [4.78, 5) is 28.3. The number of Topliss-reactive ketones (excluding diaryl/α,β-unsaturated/α-hetero) is 1. The molecule has 1 heterocycles. The van der Waals surface area contributed by atoms with E-state index in [0.717, 1.165) is 0 Å². The summed E-state index contributed by atoms with van der Waals surface area (Å²) in [6.45, 7) is 3.85. The summed E-state index contributed by atoms with van der Waals surface area (Å²) in [5, 5.41) is 11.6. The van der Waals surface area contributed by atoms with Gasteiger partial charge in [-0.05, 0) is 67.9 Å². The lowest BCUT2D eigenvalue weighted by atomic mass is 9.94. The number of carbonyl (C=O) groups excluding carboxylic acids is 2. The summed E-state index contributed by atoms with van der Waals surface area (Å²) >= 11 is 0. The van der Waals surface area contributed by atoms with Crippen LogP contribution in [0.15, 0.2) is 72.3 Å². The van der Waals surface area contributed by atoms with E-state index in [1.54, 1.807) is 73.8 Å². The number of hydrogen-bond acceptors (Lipinski definition) is 7. The van der Waals surface area contributed by atoms with Crippen molar-refractivity contribution in [2.75, 3.05) is 26.2 Å². The number of amides is 1. The molecule has 8 nitrogen and oxygen atoms in total. The van der Waals surface area contributed by atoms with Crippen LogP contribution in [0.2, 0.25) is 0 Å². The van der Waals surface area contributed by atoms with E-state index in [9.17, 15) is 14.7 Å². The minimum absolute atomic E-state index is 0.0196. The minimum atomic E-state index is -0.920. The molecule has 3 aromatic rings. The Bertz CT molecular complexity index is 1310. The molecule has 1 amide bonds. The predicted octanol–water partition coefficient (Wildman–Crippen LogP) is 5.13. The highest BCUT2D eigenvalue weighted by atomic mass is 16.5. The zero-order valence-electron chi connectivity index (χ0n) is 21.3. The van der Waals surface area contributed by atoms with Crippen LogP contribution in [-0.2, 0) is 9.59 Å². The molecule has 0 spiro atoms. The molecule has 1 aliphatic rings. The second-order valence-electron chi connectivity index (χ2n) is 8.64. The van der Waals surface area contributed by atoms with E-state index in [4.69, 9.17) is 18.9 Å². The number of hydrogen-bond donors (Lipinski definition) is 1. The van der Waals surface area contributed by atoms with E-state index in [-0.39, 0.29) is 17.2 Å². The van der Waals surface area contributed by atoms with Crippen LogP contribution in [0.3, 0.4) is 0 Å². The highest BCUT2D eigenvalue weighted by molar-refractivity contribution is 6.51. The van der Waals surface area contributed by atoms with Gasteiger partial charge in [-0.1, -0.05) is 18.2 Å². The van der Waals surface area contributed by atoms with E-state index in [2.05, 4.69) is 0 Å². The van der Waals surface area contributed by atoms with Crippen molar-refractivity contribution >= 4 is 23.1 Å². The molecule has 0 saturated carbocycles. The maximum absolute atomic E-state index is 13.5. The number of rotatable bonds is 8. The van der Waals surface area contributed by atoms with Crippen LogP contribution < -0.4 is 23.8 Å². The number of methoxy groups -OCH3 is 3. The number of benzene rings is 3. The molecule has 192 valence electrons. The average Bonchev–Trinajstić information content (AvgIpc) is 3.18. The molecule has 1 saturated heterocycles. The number of carbonyl (C=O) groups is 2. The summed E-state index contributed by atoms with van der Waals surface area (Å²) in [7, 11) is 4.45. The monoisotopic (exact) mass is 503 g/mol. The first-order chi connectivity index (χ1) is 17.8. The highest BCUT2D eigenvalue weighted by Crippen LogP contribution is 2.45. The van der Waals surface area contributed by atoms with Gasteiger partial charge >= 0.3 is 0 Å². The van der Waals surface area contributed by atoms with Crippen molar-refractivity contribution in [3.05, 3.63) is 83.4 Å². The van der Waals surface area contributed by atoms with Crippen molar-refractivity contribution in [2.24, 2.45) is 0 Å². The van der Waals surface area contributed by atoms with Gasteiger partial charge in [-0.15, -0.1) is 0 Å². The van der Waals surface area contributed by atoms with Crippen LogP contribution in [0.1, 0.15) is 31.0 Å². The molecule has 1 atom stereocenters. The Labute approximate surface area is 215 Å². The molecule has 37 heavy (non-hydrogen) atoms. The molecular formula is C29H29NO7. The number of aliphatic hydroxyl groups is 1. The fraction of sp³-hybridized carbons (Fsp3) is 0.241. The molecule has 0 aliphatic carbocycles. The van der Waals surface area contributed by atoms with E-state index in [0.29, 0.717) is 34.2 Å². The van der Waals surface area contributed by atoms with Crippen LogP contribution in [0, 0.1) is 0 Å². The standard InChI is InChI=1S/C29H29NO7/c1-17(2)37-21-13-9-18(10-14-21)26-25(27(31)24-22(35-4)7-6-8-23(24)36-5)28(32)29(33)30(26)19-11-15-20(34-3)16-12-19/h6-17,26,31H,1-5H3/b27-25+. The van der Waals surface area contributed by atoms with Gasteiger partial charge in [0.15, 0.2) is 0 Å². The average molecular weight is 504 g/mol. The second kappa shape index (κ2) is 10.7. The van der Waals surface area contributed by atoms with Gasteiger partial charge in [0.2, 0.25) is 0 Å². The number of ether oxygens (including phenoxy) is 4. The molecule has 0 bridgehead atoms. The van der Waals surface area contributed by atoms with Crippen molar-refractivity contribution in [1.82, 2.24) is 0 Å². The largest absolute Gasteiger partial charge is 0.506 e. The van der Waals surface area contributed by atoms with Gasteiger partial charge in [-0.2, -0.15) is 0 Å². The predicted molar refractivity (Wildman–Crippen MR) is 140 cm³/mol. The quantitative estimate of drug-likeness (QED) is 0.259. The third-order valence-electron chi connectivity index (χ3n) is 6.03. The summed E-state index contributed by atoms with van der Waals surface area (Å²) in [6, 6.07) is 18.0. The third-order valence-corrected chi connectivity index (χ3v) is 6.03. The summed E-state index contributed by atoms with van der Waals surface area (Å²) in [6.07, 6.45) is -0.0196. The molecule has 1 aliphatic heterocycles. The Hall–Kier alpha value is -4.46. The van der Waals surface area contributed by atoms with E-state index in [1.165, 1.54) is 19.1 Å². The summed E-state index contributed by atoms with van der Waals surface area (Å²) in [5.74, 6) is -0.144. The van der Waals surface area contributed by atoms with Crippen LogP contribution >= 0.6 is 0 Å². The lowest BCUT2D eigenvalue weighted by Gasteiger charge is -2.26. The number of anilines is 1. The fourth-order valence-electron chi connectivity index (χ4n) is 4.38. The summed E-state index contributed by atoms with van der Waals surface area (Å²) in [5.41, 5.74) is 1.19. The first-order valence-corrected chi connectivity index (χ1v) is 11.7. The molecule has 0 radical (unpaired) electrons. The van der Waals surface area contributed by atoms with Gasteiger partial charge in [0.1, 0.15) is 34.3 Å². The Morgan fingerprint density at radius 3 is 1.89 bits per heavy atom. The summed E-state index contributed by atoms with van der Waals surface area (Å²) < 4.78 is 21.9. The molecule has 0 aromatic heterocycles. The van der Waals surface area contributed by atoms with E-state index in [1.807, 2.05) is 13.8 Å². The lowest BCUT2D eigenvalue weighted by molar-refractivity contribution is -0.132. The topological polar surface area (TPSA) is 94.5 Å². The highest BCUT2D eigenvalue weighted by Gasteiger charge is 2.47. The van der Waals surface area contributed by atoms with Crippen molar-refractivity contribution in [3.8, 4) is 23.0 Å². The first-order valence-electron chi connectivity index (χ1n) is 11.7. The van der Waals surface area contributed by atoms with Crippen molar-refractivity contribution < 1.29 is 33.6 Å². The zero-order valence-corrected chi connectivity index (χ0v) is 21.3. The minimum Gasteiger partial charge on any atom is -0.506 e. The van der Waals surface area contributed by atoms with Gasteiger partial charge in [-0.25, -0.2) is 0 Å². The fourth-order valence-corrected chi connectivity index (χ4v) is 4.38. The SMILES string of the molecule is COc1ccc(N2C(=O)C(=O)/C(=C(/O)c3c(OC)cccc3OC)C2c2ccc(OC(C)C)cc2)cc1. The number of ketones is 1. The molecular weight excluding hydrogens is 474 g/mol. The van der Waals surface area contributed by atoms with Gasteiger partial charge in [0.05, 0.1) is 39.0 Å². The Kier molecular flexibility index (Phi) is 7.38. The Morgan fingerprint density at radius 2 is 1.38 bits per heavy atom. The third kappa shape index (κ3) is 4.82. The van der Waals surface area contributed by atoms with Crippen LogP contribution in [0.25, 0.3) is 5.76 Å².